The van der Waals surface area contributed by atoms with E-state index in [0.29, 0.717) is 25.7 Å². The van der Waals surface area contributed by atoms with Crippen LogP contribution in [-0.2, 0) is 65.4 Å². The van der Waals surface area contributed by atoms with Crippen LogP contribution in [0.25, 0.3) is 0 Å². The number of phosphoric acid groups is 2. The number of carbonyl (C=O) groups is 4. The summed E-state index contributed by atoms with van der Waals surface area (Å²) >= 11 is 0. The van der Waals surface area contributed by atoms with Gasteiger partial charge in [0.15, 0.2) is 12.2 Å². The van der Waals surface area contributed by atoms with Gasteiger partial charge in [-0.3, -0.25) is 37.3 Å². The number of hydrogen-bond acceptors (Lipinski definition) is 15. The second-order valence-corrected chi connectivity index (χ2v) is 32.8. The van der Waals surface area contributed by atoms with E-state index in [4.69, 9.17) is 37.0 Å². The fourth-order valence-corrected chi connectivity index (χ4v) is 14.6. The number of carbonyl (C=O) groups excluding carboxylic acids is 4. The predicted molar refractivity (Wildman–Crippen MR) is 419 cm³/mol. The molecule has 0 bridgehead atoms. The average Bonchev–Trinajstić information content (AvgIpc) is 0.923. The molecule has 0 rings (SSSR count). The highest BCUT2D eigenvalue weighted by molar-refractivity contribution is 7.47. The zero-order valence-corrected chi connectivity index (χ0v) is 68.4. The van der Waals surface area contributed by atoms with E-state index in [1.165, 1.54) is 283 Å². The van der Waals surface area contributed by atoms with Crippen LogP contribution >= 0.6 is 15.6 Å². The molecule has 17 nitrogen and oxygen atoms in total. The molecule has 2 unspecified atom stereocenters. The highest BCUT2D eigenvalue weighted by atomic mass is 31.2. The van der Waals surface area contributed by atoms with Gasteiger partial charge in [-0.05, 0) is 25.7 Å². The van der Waals surface area contributed by atoms with Gasteiger partial charge in [0.1, 0.15) is 19.3 Å². The summed E-state index contributed by atoms with van der Waals surface area (Å²) in [6, 6.07) is 0. The lowest BCUT2D eigenvalue weighted by Gasteiger charge is -2.21. The molecule has 0 amide bonds. The second kappa shape index (κ2) is 77.2. The highest BCUT2D eigenvalue weighted by Crippen LogP contribution is 2.45. The zero-order chi connectivity index (χ0) is 74.6. The van der Waals surface area contributed by atoms with E-state index >= 15 is 0 Å². The number of esters is 4. The van der Waals surface area contributed by atoms with Crippen molar-refractivity contribution in [2.75, 3.05) is 39.6 Å². The van der Waals surface area contributed by atoms with E-state index in [1.807, 2.05) is 0 Å². The lowest BCUT2D eigenvalue weighted by molar-refractivity contribution is -0.161. The maximum Gasteiger partial charge on any atom is 0.472 e. The van der Waals surface area contributed by atoms with Crippen molar-refractivity contribution < 1.29 is 80.2 Å². The van der Waals surface area contributed by atoms with Crippen LogP contribution < -0.4 is 0 Å². The van der Waals surface area contributed by atoms with Gasteiger partial charge in [0, 0.05) is 25.7 Å². The van der Waals surface area contributed by atoms with E-state index in [1.54, 1.807) is 0 Å². The molecule has 0 saturated carbocycles. The van der Waals surface area contributed by atoms with E-state index < -0.39 is 97.5 Å². The maximum atomic E-state index is 13.1. The summed E-state index contributed by atoms with van der Waals surface area (Å²) in [5, 5.41) is 10.6. The van der Waals surface area contributed by atoms with Gasteiger partial charge in [-0.15, -0.1) is 0 Å². The average molecular weight is 1490 g/mol. The fraction of sp³-hybridized carbons (Fsp3) is 0.952. The van der Waals surface area contributed by atoms with Crippen LogP contribution in [0.15, 0.2) is 0 Å². The van der Waals surface area contributed by atoms with Crippen molar-refractivity contribution in [3.05, 3.63) is 0 Å². The third-order valence-electron chi connectivity index (χ3n) is 19.6. The fourth-order valence-electron chi connectivity index (χ4n) is 13.0. The van der Waals surface area contributed by atoms with Crippen molar-refractivity contribution in [3.63, 3.8) is 0 Å². The molecule has 0 aromatic heterocycles. The normalized spacial score (nSPS) is 13.8. The van der Waals surface area contributed by atoms with Crippen LogP contribution in [0.5, 0.6) is 0 Å². The lowest BCUT2D eigenvalue weighted by atomic mass is 10.0. The standard InChI is InChI=1S/C83H162O17P2/c1-5-9-13-17-21-25-28-31-34-37-38-39-40-42-45-48-51-54-58-62-66-70-83(88)100-79(74-94-81(86)68-64-60-56-52-49-46-44-41-35-32-29-26-22-18-14-10-6-2)76-98-102(91,92)96-72-77(84)71-95-101(89,90)97-75-78(73-93-80(85)67-63-59-55-24-20-16-12-8-4)99-82(87)69-65-61-57-53-50-47-43-36-33-30-27-23-19-15-11-7-3/h77-79,84H,5-76H2,1-4H3,(H,89,90)(H,91,92)/t77-,78+,79+/m0/s1. The molecular formula is C83H162O17P2. The highest BCUT2D eigenvalue weighted by Gasteiger charge is 2.30. The third kappa shape index (κ3) is 76.3. The minimum atomic E-state index is -4.96. The Kier molecular flexibility index (Phi) is 75.8. The van der Waals surface area contributed by atoms with Crippen molar-refractivity contribution in [2.45, 2.75) is 470 Å². The molecule has 0 saturated heterocycles. The number of hydrogen-bond donors (Lipinski definition) is 3. The van der Waals surface area contributed by atoms with Gasteiger partial charge in [-0.25, -0.2) is 9.13 Å². The summed E-state index contributed by atoms with van der Waals surface area (Å²) in [5.41, 5.74) is 0. The number of rotatable bonds is 84. The van der Waals surface area contributed by atoms with Crippen molar-refractivity contribution in [2.24, 2.45) is 0 Å². The molecule has 0 heterocycles. The van der Waals surface area contributed by atoms with E-state index in [9.17, 15) is 43.2 Å². The first-order valence-electron chi connectivity index (χ1n) is 43.3. The molecule has 0 fully saturated rings. The monoisotopic (exact) mass is 1490 g/mol. The molecular weight excluding hydrogens is 1330 g/mol. The Hall–Kier alpha value is -1.94. The van der Waals surface area contributed by atoms with Crippen LogP contribution in [-0.4, -0.2) is 96.7 Å². The van der Waals surface area contributed by atoms with Gasteiger partial charge >= 0.3 is 39.5 Å². The molecule has 0 aliphatic heterocycles. The van der Waals surface area contributed by atoms with Gasteiger partial charge < -0.3 is 33.8 Å². The van der Waals surface area contributed by atoms with Crippen LogP contribution in [0.2, 0.25) is 0 Å². The number of ether oxygens (including phenoxy) is 4. The lowest BCUT2D eigenvalue weighted by Crippen LogP contribution is -2.30. The Morgan fingerprint density at radius 1 is 0.235 bits per heavy atom. The van der Waals surface area contributed by atoms with Gasteiger partial charge in [0.2, 0.25) is 0 Å². The quantitative estimate of drug-likeness (QED) is 0.0222. The molecule has 0 aromatic carbocycles. The van der Waals surface area contributed by atoms with Crippen molar-refractivity contribution in [1.82, 2.24) is 0 Å². The summed E-state index contributed by atoms with van der Waals surface area (Å²) in [6.45, 7) is 5.01. The minimum absolute atomic E-state index is 0.109. The molecule has 606 valence electrons. The van der Waals surface area contributed by atoms with Gasteiger partial charge in [-0.1, -0.05) is 400 Å². The molecule has 0 aliphatic rings. The zero-order valence-electron chi connectivity index (χ0n) is 66.6. The van der Waals surface area contributed by atoms with E-state index in [0.717, 1.165) is 89.9 Å². The summed E-state index contributed by atoms with van der Waals surface area (Å²) in [6.07, 6.45) is 70.9. The van der Waals surface area contributed by atoms with Gasteiger partial charge in [0.05, 0.1) is 26.4 Å². The largest absolute Gasteiger partial charge is 0.472 e. The maximum absolute atomic E-state index is 13.1. The molecule has 0 radical (unpaired) electrons. The summed E-state index contributed by atoms with van der Waals surface area (Å²) in [7, 11) is -9.92. The molecule has 3 N–H and O–H groups in total. The third-order valence-corrected chi connectivity index (χ3v) is 21.5. The Morgan fingerprint density at radius 2 is 0.392 bits per heavy atom. The van der Waals surface area contributed by atoms with E-state index in [-0.39, 0.29) is 25.7 Å². The van der Waals surface area contributed by atoms with Crippen molar-refractivity contribution in [3.8, 4) is 0 Å². The first kappa shape index (κ1) is 100. The molecule has 0 aromatic rings. The number of phosphoric ester groups is 2. The van der Waals surface area contributed by atoms with Gasteiger partial charge in [0.25, 0.3) is 0 Å². The topological polar surface area (TPSA) is 237 Å². The minimum Gasteiger partial charge on any atom is -0.462 e. The molecule has 102 heavy (non-hydrogen) atoms. The smallest absolute Gasteiger partial charge is 0.462 e. The SMILES string of the molecule is CCCCCCCCCCCCCCCCCCCCCCCC(=O)O[C@H](COC(=O)CCCCCCCCCCCCCCCCCCC)COP(=O)(O)OC[C@@H](O)COP(=O)(O)OC[C@@H](COC(=O)CCCCCCCCCC)OC(=O)CCCCCCCCCCCCCCCCCC. The Bertz CT molecular complexity index is 1930. The summed E-state index contributed by atoms with van der Waals surface area (Å²) in [5.74, 6) is -2.10. The summed E-state index contributed by atoms with van der Waals surface area (Å²) in [4.78, 5) is 73.0. The molecule has 0 spiro atoms. The molecule has 5 atom stereocenters. The van der Waals surface area contributed by atoms with Crippen molar-refractivity contribution >= 4 is 39.5 Å². The number of unbranched alkanes of at least 4 members (excludes halogenated alkanes) is 58. The summed E-state index contributed by atoms with van der Waals surface area (Å²) < 4.78 is 68.7. The number of aliphatic hydroxyl groups is 1. The Labute approximate surface area is 626 Å². The first-order chi connectivity index (χ1) is 49.7. The number of aliphatic hydroxyl groups excluding tert-OH is 1. The van der Waals surface area contributed by atoms with Crippen LogP contribution in [0.3, 0.4) is 0 Å². The van der Waals surface area contributed by atoms with Crippen LogP contribution in [0.4, 0.5) is 0 Å². The Morgan fingerprint density at radius 3 is 0.578 bits per heavy atom. The van der Waals surface area contributed by atoms with Crippen LogP contribution in [0.1, 0.15) is 451 Å². The van der Waals surface area contributed by atoms with Crippen LogP contribution in [0, 0.1) is 0 Å². The van der Waals surface area contributed by atoms with Crippen molar-refractivity contribution in [1.29, 1.82) is 0 Å². The van der Waals surface area contributed by atoms with E-state index in [2.05, 4.69) is 27.7 Å². The molecule has 0 aliphatic carbocycles. The molecule has 19 heteroatoms. The Balaban J connectivity index is 5.18. The predicted octanol–water partition coefficient (Wildman–Crippen LogP) is 25.4. The first-order valence-corrected chi connectivity index (χ1v) is 46.3. The second-order valence-electron chi connectivity index (χ2n) is 29.9. The van der Waals surface area contributed by atoms with Gasteiger partial charge in [-0.2, -0.15) is 0 Å².